The molecule has 256 valence electrons. The molecule has 4 aliphatic rings. The van der Waals surface area contributed by atoms with E-state index < -0.39 is 5.54 Å². The Morgan fingerprint density at radius 1 is 1.08 bits per heavy atom. The molecule has 2 aromatic carbocycles. The van der Waals surface area contributed by atoms with Crippen LogP contribution in [0, 0.1) is 0 Å². The Kier molecular flexibility index (Phi) is 9.46. The first-order chi connectivity index (χ1) is 23.1. The first-order valence-corrected chi connectivity index (χ1v) is 16.9. The number of nitrogens with one attached hydrogen (secondary N) is 2. The van der Waals surface area contributed by atoms with Gasteiger partial charge in [-0.3, -0.25) is 14.5 Å². The second-order valence-electron chi connectivity index (χ2n) is 13.0. The minimum Gasteiger partial charge on any atom is -0.497 e. The standard InChI is InChI=1S/C35H43ClN6O6/c1-22(19-37-23(2)43)42-34(46)40(20-28(35(42)13-14-35)27-6-5-7-30(48-4)32(27)36)21-31(44)39-15-11-25(12-16-39)41-17-10-24-8-9-26(47-3)18-29(24)38-33(41)45/h5-9,18,20,22,25H,10-17,19,21H2,1-4H3,(H,37,43)(H,38,45). The third-order valence-corrected chi connectivity index (χ3v) is 10.4. The number of rotatable bonds is 9. The number of halogens is 1. The van der Waals surface area contributed by atoms with Crippen molar-refractivity contribution >= 4 is 46.7 Å². The number of methoxy groups -OCH3 is 2. The van der Waals surface area contributed by atoms with Gasteiger partial charge in [0.05, 0.1) is 24.8 Å². The lowest BCUT2D eigenvalue weighted by molar-refractivity contribution is -0.133. The van der Waals surface area contributed by atoms with Gasteiger partial charge < -0.3 is 34.8 Å². The number of carbonyl (C=O) groups excluding carboxylic acids is 4. The molecule has 0 bridgehead atoms. The zero-order valence-corrected chi connectivity index (χ0v) is 28.6. The zero-order valence-electron chi connectivity index (χ0n) is 27.9. The first kappa shape index (κ1) is 33.5. The predicted molar refractivity (Wildman–Crippen MR) is 182 cm³/mol. The number of benzene rings is 2. The minimum atomic E-state index is -0.596. The summed E-state index contributed by atoms with van der Waals surface area (Å²) in [4.78, 5) is 59.8. The molecule has 12 nitrogen and oxygen atoms in total. The molecule has 48 heavy (non-hydrogen) atoms. The number of hydrogen-bond acceptors (Lipinski definition) is 6. The van der Waals surface area contributed by atoms with E-state index in [1.54, 1.807) is 36.3 Å². The second-order valence-corrected chi connectivity index (χ2v) is 13.3. The van der Waals surface area contributed by atoms with Crippen LogP contribution in [-0.2, 0) is 16.0 Å². The number of nitrogens with zero attached hydrogens (tertiary/aromatic N) is 4. The molecule has 1 unspecified atom stereocenters. The topological polar surface area (TPSA) is 124 Å². The SMILES string of the molecule is COc1ccc2c(c1)NC(=O)N(C1CCN(C(=O)CN3C=C(c4cccc(OC)c4Cl)C4(CC4)N(C(C)CNC(C)=O)C3=O)CC1)CC2. The van der Waals surface area contributed by atoms with Crippen LogP contribution in [0.1, 0.15) is 50.7 Å². The maximum atomic E-state index is 14.1. The highest BCUT2D eigenvalue weighted by Gasteiger charge is 2.58. The van der Waals surface area contributed by atoms with Gasteiger partial charge in [-0.05, 0) is 56.7 Å². The summed E-state index contributed by atoms with van der Waals surface area (Å²) in [6.45, 7) is 5.02. The fourth-order valence-electron chi connectivity index (χ4n) is 7.28. The fourth-order valence-corrected chi connectivity index (χ4v) is 7.59. The largest absolute Gasteiger partial charge is 0.497 e. The van der Waals surface area contributed by atoms with Gasteiger partial charge in [0.2, 0.25) is 11.8 Å². The molecule has 0 aromatic heterocycles. The van der Waals surface area contributed by atoms with Gasteiger partial charge in [0.15, 0.2) is 0 Å². The summed E-state index contributed by atoms with van der Waals surface area (Å²) in [5, 5.41) is 6.31. The Hall–Kier alpha value is -4.45. The van der Waals surface area contributed by atoms with E-state index >= 15 is 0 Å². The van der Waals surface area contributed by atoms with Crippen LogP contribution in [0.3, 0.4) is 0 Å². The van der Waals surface area contributed by atoms with Gasteiger partial charge >= 0.3 is 12.1 Å². The van der Waals surface area contributed by atoms with Gasteiger partial charge in [-0.1, -0.05) is 29.8 Å². The third kappa shape index (κ3) is 6.37. The normalized spacial score (nSPS) is 19.6. The lowest BCUT2D eigenvalue weighted by Crippen LogP contribution is -2.59. The van der Waals surface area contributed by atoms with Crippen molar-refractivity contribution in [2.45, 2.75) is 63.6 Å². The summed E-state index contributed by atoms with van der Waals surface area (Å²) in [6, 6.07) is 10.5. The molecule has 13 heteroatoms. The summed E-state index contributed by atoms with van der Waals surface area (Å²) in [5.74, 6) is 0.858. The molecule has 6 amide bonds. The molecule has 1 saturated heterocycles. The van der Waals surface area contributed by atoms with Crippen LogP contribution in [0.2, 0.25) is 5.02 Å². The molecule has 2 aromatic rings. The lowest BCUT2D eigenvalue weighted by Gasteiger charge is -2.45. The first-order valence-electron chi connectivity index (χ1n) is 16.5. The van der Waals surface area contributed by atoms with Crippen molar-refractivity contribution in [3.63, 3.8) is 0 Å². The van der Waals surface area contributed by atoms with Gasteiger partial charge in [0.1, 0.15) is 18.0 Å². The number of carbonyl (C=O) groups is 4. The van der Waals surface area contributed by atoms with E-state index in [1.165, 1.54) is 11.8 Å². The molecule has 1 atom stereocenters. The van der Waals surface area contributed by atoms with Crippen LogP contribution in [-0.4, -0.2) is 108 Å². The van der Waals surface area contributed by atoms with Crippen molar-refractivity contribution in [3.8, 4) is 11.5 Å². The molecule has 0 radical (unpaired) electrons. The Bertz CT molecular complexity index is 1640. The summed E-state index contributed by atoms with van der Waals surface area (Å²) in [7, 11) is 3.16. The molecular weight excluding hydrogens is 636 g/mol. The molecule has 6 rings (SSSR count). The summed E-state index contributed by atoms with van der Waals surface area (Å²) < 4.78 is 10.8. The van der Waals surface area contributed by atoms with Crippen molar-refractivity contribution in [1.82, 2.24) is 24.9 Å². The Morgan fingerprint density at radius 2 is 1.83 bits per heavy atom. The van der Waals surface area contributed by atoms with Gasteiger partial charge in [0.25, 0.3) is 0 Å². The van der Waals surface area contributed by atoms with Crippen molar-refractivity contribution in [2.24, 2.45) is 0 Å². The summed E-state index contributed by atoms with van der Waals surface area (Å²) >= 11 is 6.82. The van der Waals surface area contributed by atoms with E-state index in [2.05, 4.69) is 10.6 Å². The smallest absolute Gasteiger partial charge is 0.325 e. The Labute approximate surface area is 285 Å². The average Bonchev–Trinajstić information content (AvgIpc) is 3.88. The van der Waals surface area contributed by atoms with Gasteiger partial charge in [-0.2, -0.15) is 0 Å². The number of urea groups is 2. The maximum Gasteiger partial charge on any atom is 0.325 e. The number of ether oxygens (including phenoxy) is 2. The highest BCUT2D eigenvalue weighted by atomic mass is 35.5. The van der Waals surface area contributed by atoms with Crippen LogP contribution in [0.15, 0.2) is 42.6 Å². The van der Waals surface area contributed by atoms with E-state index in [1.807, 2.05) is 42.2 Å². The van der Waals surface area contributed by atoms with Crippen molar-refractivity contribution in [1.29, 1.82) is 0 Å². The quantitative estimate of drug-likeness (QED) is 0.401. The van der Waals surface area contributed by atoms with Crippen molar-refractivity contribution < 1.29 is 28.7 Å². The number of piperidine rings is 1. The zero-order chi connectivity index (χ0) is 34.2. The molecular formula is C35H43ClN6O6. The molecule has 3 aliphatic heterocycles. The van der Waals surface area contributed by atoms with Crippen LogP contribution >= 0.6 is 11.6 Å². The number of anilines is 1. The lowest BCUT2D eigenvalue weighted by atomic mass is 9.92. The number of likely N-dealkylation sites (tertiary alicyclic amines) is 1. The highest BCUT2D eigenvalue weighted by molar-refractivity contribution is 6.34. The predicted octanol–water partition coefficient (Wildman–Crippen LogP) is 4.57. The van der Waals surface area contributed by atoms with Gasteiger partial charge in [-0.15, -0.1) is 0 Å². The molecule has 3 heterocycles. The number of hydrogen-bond donors (Lipinski definition) is 2. The van der Waals surface area contributed by atoms with Crippen LogP contribution in [0.5, 0.6) is 11.5 Å². The van der Waals surface area contributed by atoms with Crippen molar-refractivity contribution in [2.75, 3.05) is 52.3 Å². The van der Waals surface area contributed by atoms with Gasteiger partial charge in [0, 0.05) is 74.3 Å². The third-order valence-electron chi connectivity index (χ3n) is 9.99. The monoisotopic (exact) mass is 678 g/mol. The molecule has 2 fully saturated rings. The second kappa shape index (κ2) is 13.6. The van der Waals surface area contributed by atoms with Crippen LogP contribution < -0.4 is 20.1 Å². The van der Waals surface area contributed by atoms with E-state index in [-0.39, 0.29) is 49.0 Å². The average molecular weight is 679 g/mol. The number of amides is 6. The van der Waals surface area contributed by atoms with E-state index in [4.69, 9.17) is 21.1 Å². The molecule has 1 aliphatic carbocycles. The molecule has 1 saturated carbocycles. The Balaban J connectivity index is 1.17. The molecule has 1 spiro atoms. The fraction of sp³-hybridized carbons (Fsp3) is 0.486. The highest BCUT2D eigenvalue weighted by Crippen LogP contribution is 2.56. The van der Waals surface area contributed by atoms with E-state index in [0.717, 1.165) is 41.6 Å². The van der Waals surface area contributed by atoms with Crippen LogP contribution in [0.4, 0.5) is 15.3 Å². The minimum absolute atomic E-state index is 0.0107. The van der Waals surface area contributed by atoms with Crippen LogP contribution in [0.25, 0.3) is 5.57 Å². The summed E-state index contributed by atoms with van der Waals surface area (Å²) in [6.07, 6.45) is 5.24. The Morgan fingerprint density at radius 3 is 2.50 bits per heavy atom. The summed E-state index contributed by atoms with van der Waals surface area (Å²) in [5.41, 5.74) is 2.81. The number of fused-ring (bicyclic) bond motifs is 1. The van der Waals surface area contributed by atoms with Gasteiger partial charge in [-0.25, -0.2) is 9.59 Å². The van der Waals surface area contributed by atoms with E-state index in [0.29, 0.717) is 49.0 Å². The maximum absolute atomic E-state index is 14.1. The van der Waals surface area contributed by atoms with Crippen molar-refractivity contribution in [3.05, 3.63) is 58.7 Å². The molecule has 2 N–H and O–H groups in total. The van der Waals surface area contributed by atoms with E-state index in [9.17, 15) is 19.2 Å².